The fourth-order valence-electron chi connectivity index (χ4n) is 6.48. The fraction of sp³-hybridized carbons (Fsp3) is 0.464. The predicted octanol–water partition coefficient (Wildman–Crippen LogP) is 5.83. The number of aliphatic carboxylic acids is 1. The first-order chi connectivity index (χ1) is 15.5. The molecule has 0 amide bonds. The van der Waals surface area contributed by atoms with Crippen molar-refractivity contribution in [2.75, 3.05) is 0 Å². The van der Waals surface area contributed by atoms with Crippen molar-refractivity contribution in [2.45, 2.75) is 71.1 Å². The summed E-state index contributed by atoms with van der Waals surface area (Å²) in [7, 11) is 0. The Hall–Kier alpha value is -2.95. The molecule has 174 valence electrons. The third-order valence-corrected chi connectivity index (χ3v) is 8.28. The minimum Gasteiger partial charge on any atom is -0.481 e. The largest absolute Gasteiger partial charge is 0.481 e. The Balaban J connectivity index is 1.91. The third kappa shape index (κ3) is 3.58. The van der Waals surface area contributed by atoms with E-state index in [9.17, 15) is 24.6 Å². The zero-order valence-corrected chi connectivity index (χ0v) is 19.8. The van der Waals surface area contributed by atoms with Crippen molar-refractivity contribution < 1.29 is 24.6 Å². The molecule has 2 aliphatic rings. The summed E-state index contributed by atoms with van der Waals surface area (Å²) in [4.78, 5) is 37.8. The van der Waals surface area contributed by atoms with Gasteiger partial charge in [-0.25, -0.2) is 4.79 Å². The number of fused-ring (bicyclic) bond motifs is 3. The van der Waals surface area contributed by atoms with Crippen LogP contribution in [0.1, 0.15) is 102 Å². The van der Waals surface area contributed by atoms with Crippen molar-refractivity contribution in [3.63, 3.8) is 0 Å². The Bertz CT molecular complexity index is 1150. The van der Waals surface area contributed by atoms with Crippen LogP contribution in [0, 0.1) is 11.3 Å². The van der Waals surface area contributed by atoms with Crippen molar-refractivity contribution in [3.8, 4) is 0 Å². The molecule has 2 aromatic rings. The minimum absolute atomic E-state index is 0.00451. The molecule has 2 N–H and O–H groups in total. The molecule has 33 heavy (non-hydrogen) atoms. The smallest absolute Gasteiger partial charge is 0.336 e. The number of hydrogen-bond donors (Lipinski definition) is 2. The van der Waals surface area contributed by atoms with Crippen LogP contribution in [0.25, 0.3) is 0 Å². The first-order valence-electron chi connectivity index (χ1n) is 11.8. The van der Waals surface area contributed by atoms with E-state index in [0.717, 1.165) is 36.8 Å². The highest BCUT2D eigenvalue weighted by atomic mass is 16.4. The molecule has 0 heterocycles. The van der Waals surface area contributed by atoms with E-state index in [-0.39, 0.29) is 34.2 Å². The average Bonchev–Trinajstić information content (AvgIpc) is 2.77. The summed E-state index contributed by atoms with van der Waals surface area (Å²) in [5, 5.41) is 19.7. The lowest BCUT2D eigenvalue weighted by molar-refractivity contribution is -0.157. The Labute approximate surface area is 194 Å². The molecule has 0 spiro atoms. The number of carboxylic acids is 2. The van der Waals surface area contributed by atoms with Gasteiger partial charge >= 0.3 is 11.9 Å². The van der Waals surface area contributed by atoms with Gasteiger partial charge in [0, 0.05) is 11.1 Å². The second kappa shape index (κ2) is 8.12. The lowest BCUT2D eigenvalue weighted by Crippen LogP contribution is -2.52. The molecular formula is C28H32O5. The number of aryl methyl sites for hydroxylation is 1. The summed E-state index contributed by atoms with van der Waals surface area (Å²) in [6.45, 7) is 8.11. The number of carboxylic acid groups (broad SMARTS) is 2. The van der Waals surface area contributed by atoms with Gasteiger partial charge in [0.15, 0.2) is 5.78 Å². The molecular weight excluding hydrogens is 416 g/mol. The molecule has 1 fully saturated rings. The average molecular weight is 449 g/mol. The molecule has 4 rings (SSSR count). The number of benzene rings is 2. The van der Waals surface area contributed by atoms with Crippen LogP contribution in [-0.4, -0.2) is 27.9 Å². The standard InChI is InChI=1S/C28H32O5/c1-16(2)20-14-17-10-11-23-27(3,12-7-13-28(23,4)26(32)33)22(17)15-21(20)24(29)18-8-5-6-9-19(18)25(30)31/h5-6,8-9,14-16,23H,7,10-13H2,1-4H3,(H,30,31)(H,32,33). The number of aromatic carboxylic acids is 1. The van der Waals surface area contributed by atoms with Gasteiger partial charge in [0.2, 0.25) is 0 Å². The zero-order valence-electron chi connectivity index (χ0n) is 19.8. The highest BCUT2D eigenvalue weighted by molar-refractivity contribution is 6.15. The van der Waals surface area contributed by atoms with Crippen LogP contribution >= 0.6 is 0 Å². The van der Waals surface area contributed by atoms with Gasteiger partial charge in [-0.3, -0.25) is 9.59 Å². The molecule has 5 heteroatoms. The second-order valence-electron chi connectivity index (χ2n) is 10.5. The lowest BCUT2D eigenvalue weighted by Gasteiger charge is -2.53. The highest BCUT2D eigenvalue weighted by Gasteiger charge is 2.55. The maximum Gasteiger partial charge on any atom is 0.336 e. The predicted molar refractivity (Wildman–Crippen MR) is 126 cm³/mol. The molecule has 2 aromatic carbocycles. The Morgan fingerprint density at radius 3 is 2.24 bits per heavy atom. The van der Waals surface area contributed by atoms with Gasteiger partial charge in [0.1, 0.15) is 0 Å². The van der Waals surface area contributed by atoms with Gasteiger partial charge in [0.25, 0.3) is 0 Å². The maximum atomic E-state index is 13.7. The second-order valence-corrected chi connectivity index (χ2v) is 10.5. The molecule has 0 aliphatic heterocycles. The molecule has 2 aliphatic carbocycles. The molecule has 0 radical (unpaired) electrons. The third-order valence-electron chi connectivity index (χ3n) is 8.28. The van der Waals surface area contributed by atoms with Crippen LogP contribution in [-0.2, 0) is 16.6 Å². The Morgan fingerprint density at radius 1 is 0.970 bits per heavy atom. The lowest BCUT2D eigenvalue weighted by atomic mass is 9.49. The van der Waals surface area contributed by atoms with E-state index >= 15 is 0 Å². The summed E-state index contributed by atoms with van der Waals surface area (Å²) in [6, 6.07) is 10.4. The van der Waals surface area contributed by atoms with Crippen LogP contribution < -0.4 is 0 Å². The van der Waals surface area contributed by atoms with Crippen molar-refractivity contribution in [2.24, 2.45) is 11.3 Å². The van der Waals surface area contributed by atoms with Gasteiger partial charge in [-0.15, -0.1) is 0 Å². The molecule has 0 aromatic heterocycles. The number of carbonyl (C=O) groups is 3. The topological polar surface area (TPSA) is 91.7 Å². The monoisotopic (exact) mass is 448 g/mol. The van der Waals surface area contributed by atoms with Crippen LogP contribution in [0.5, 0.6) is 0 Å². The molecule has 3 atom stereocenters. The fourth-order valence-corrected chi connectivity index (χ4v) is 6.48. The summed E-state index contributed by atoms with van der Waals surface area (Å²) < 4.78 is 0. The van der Waals surface area contributed by atoms with E-state index in [0.29, 0.717) is 12.0 Å². The maximum absolute atomic E-state index is 13.7. The first kappa shape index (κ1) is 23.2. The van der Waals surface area contributed by atoms with E-state index in [1.54, 1.807) is 18.2 Å². The van der Waals surface area contributed by atoms with Gasteiger partial charge in [-0.2, -0.15) is 0 Å². The van der Waals surface area contributed by atoms with Gasteiger partial charge in [0.05, 0.1) is 11.0 Å². The summed E-state index contributed by atoms with van der Waals surface area (Å²) in [6.07, 6.45) is 3.98. The summed E-state index contributed by atoms with van der Waals surface area (Å²) in [5.74, 6) is -2.08. The zero-order chi connectivity index (χ0) is 24.1. The molecule has 0 bridgehead atoms. The van der Waals surface area contributed by atoms with Gasteiger partial charge in [-0.05, 0) is 78.7 Å². The normalized spacial score (nSPS) is 26.4. The van der Waals surface area contributed by atoms with E-state index in [4.69, 9.17) is 0 Å². The van der Waals surface area contributed by atoms with Crippen LogP contribution in [0.4, 0.5) is 0 Å². The van der Waals surface area contributed by atoms with E-state index in [2.05, 4.69) is 13.0 Å². The number of carbonyl (C=O) groups excluding carboxylic acids is 1. The van der Waals surface area contributed by atoms with Crippen molar-refractivity contribution >= 4 is 17.7 Å². The van der Waals surface area contributed by atoms with E-state index in [1.165, 1.54) is 11.6 Å². The van der Waals surface area contributed by atoms with Crippen molar-refractivity contribution in [1.82, 2.24) is 0 Å². The number of ketones is 1. The molecule has 5 nitrogen and oxygen atoms in total. The SMILES string of the molecule is CC(C)c1cc2c(cc1C(=O)c1ccccc1C(=O)O)C1(C)CCCC(C)(C(=O)O)C1CC2. The van der Waals surface area contributed by atoms with Crippen LogP contribution in [0.15, 0.2) is 36.4 Å². The molecule has 1 saturated carbocycles. The number of rotatable bonds is 5. The van der Waals surface area contributed by atoms with Crippen LogP contribution in [0.2, 0.25) is 0 Å². The van der Waals surface area contributed by atoms with Gasteiger partial charge in [-0.1, -0.05) is 51.5 Å². The quantitative estimate of drug-likeness (QED) is 0.561. The number of hydrogen-bond acceptors (Lipinski definition) is 3. The van der Waals surface area contributed by atoms with Crippen molar-refractivity contribution in [3.05, 3.63) is 69.8 Å². The summed E-state index contributed by atoms with van der Waals surface area (Å²) >= 11 is 0. The van der Waals surface area contributed by atoms with E-state index < -0.39 is 17.4 Å². The molecule has 0 saturated heterocycles. The van der Waals surface area contributed by atoms with E-state index in [1.807, 2.05) is 26.8 Å². The van der Waals surface area contributed by atoms with Crippen LogP contribution in [0.3, 0.4) is 0 Å². The summed E-state index contributed by atoms with van der Waals surface area (Å²) in [5.41, 5.74) is 2.75. The Morgan fingerprint density at radius 2 is 1.64 bits per heavy atom. The van der Waals surface area contributed by atoms with Crippen molar-refractivity contribution in [1.29, 1.82) is 0 Å². The first-order valence-corrected chi connectivity index (χ1v) is 11.8. The Kier molecular flexibility index (Phi) is 5.71. The van der Waals surface area contributed by atoms with Gasteiger partial charge < -0.3 is 10.2 Å². The minimum atomic E-state index is -1.13. The highest BCUT2D eigenvalue weighted by Crippen LogP contribution is 2.57. The molecule has 3 unspecified atom stereocenters.